The molecule has 24 heavy (non-hydrogen) atoms. The summed E-state index contributed by atoms with van der Waals surface area (Å²) in [5, 5.41) is 6.72. The molecule has 2 fully saturated rings. The van der Waals surface area contributed by atoms with Crippen LogP contribution in [0.4, 0.5) is 0 Å². The highest BCUT2D eigenvalue weighted by atomic mass is 35.5. The van der Waals surface area contributed by atoms with E-state index < -0.39 is 0 Å². The molecule has 0 radical (unpaired) electrons. The fourth-order valence-electron chi connectivity index (χ4n) is 3.95. The van der Waals surface area contributed by atoms with Gasteiger partial charge in [-0.15, -0.1) is 12.4 Å². The first kappa shape index (κ1) is 19.2. The molecular weight excluding hydrogens is 322 g/mol. The number of rotatable bonds is 5. The lowest BCUT2D eigenvalue weighted by Gasteiger charge is -2.34. The minimum Gasteiger partial charge on any atom is -0.348 e. The molecule has 1 unspecified atom stereocenters. The number of nitrogens with one attached hydrogen (secondary N) is 2. The Morgan fingerprint density at radius 1 is 1.29 bits per heavy atom. The molecule has 134 valence electrons. The highest BCUT2D eigenvalue weighted by molar-refractivity contribution is 5.85. The van der Waals surface area contributed by atoms with E-state index in [1.165, 1.54) is 31.2 Å². The second-order valence-electron chi connectivity index (χ2n) is 7.02. The number of hydrogen-bond donors (Lipinski definition) is 2. The molecule has 2 N–H and O–H groups in total. The average molecular weight is 352 g/mol. The summed E-state index contributed by atoms with van der Waals surface area (Å²) >= 11 is 0. The second kappa shape index (κ2) is 9.40. The smallest absolute Gasteiger partial charge is 0.234 e. The Labute approximate surface area is 151 Å². The summed E-state index contributed by atoms with van der Waals surface area (Å²) in [6.07, 6.45) is 5.03. The first-order valence-corrected chi connectivity index (χ1v) is 9.03. The third-order valence-electron chi connectivity index (χ3n) is 5.33. The van der Waals surface area contributed by atoms with Crippen molar-refractivity contribution < 1.29 is 4.79 Å². The summed E-state index contributed by atoms with van der Waals surface area (Å²) in [6, 6.07) is 11.1. The lowest BCUT2D eigenvalue weighted by molar-refractivity contribution is -0.124. The van der Waals surface area contributed by atoms with Gasteiger partial charge in [0, 0.05) is 25.7 Å². The van der Waals surface area contributed by atoms with Gasteiger partial charge in [0.2, 0.25) is 5.91 Å². The van der Waals surface area contributed by atoms with Gasteiger partial charge < -0.3 is 10.6 Å². The number of nitrogens with zero attached hydrogens (tertiary/aromatic N) is 1. The Hall–Kier alpha value is -1.10. The molecule has 1 aromatic rings. The lowest BCUT2D eigenvalue weighted by atomic mass is 9.91. The first-order valence-electron chi connectivity index (χ1n) is 9.03. The zero-order valence-corrected chi connectivity index (χ0v) is 15.4. The lowest BCUT2D eigenvalue weighted by Crippen LogP contribution is -2.53. The Bertz CT molecular complexity index is 505. The van der Waals surface area contributed by atoms with Gasteiger partial charge in [-0.05, 0) is 31.2 Å². The van der Waals surface area contributed by atoms with Crippen LogP contribution in [-0.4, -0.2) is 43.0 Å². The summed E-state index contributed by atoms with van der Waals surface area (Å²) in [5.41, 5.74) is 1.25. The predicted molar refractivity (Wildman–Crippen MR) is 100 cm³/mol. The zero-order chi connectivity index (χ0) is 16.1. The topological polar surface area (TPSA) is 44.4 Å². The minimum absolute atomic E-state index is 0. The molecule has 1 saturated carbocycles. The summed E-state index contributed by atoms with van der Waals surface area (Å²) in [7, 11) is 0. The molecule has 0 aromatic heterocycles. The van der Waals surface area contributed by atoms with Gasteiger partial charge in [0.15, 0.2) is 0 Å². The number of carbonyl (C=O) groups is 1. The molecule has 2 aliphatic rings. The molecule has 3 rings (SSSR count). The first-order chi connectivity index (χ1) is 11.2. The van der Waals surface area contributed by atoms with Crippen molar-refractivity contribution in [1.29, 1.82) is 0 Å². The Balaban J connectivity index is 0.00000208. The van der Waals surface area contributed by atoms with Crippen molar-refractivity contribution in [3.8, 4) is 0 Å². The molecule has 0 spiro atoms. The number of halogens is 1. The van der Waals surface area contributed by atoms with E-state index in [0.29, 0.717) is 18.5 Å². The summed E-state index contributed by atoms with van der Waals surface area (Å²) < 4.78 is 0. The highest BCUT2D eigenvalue weighted by Gasteiger charge is 2.28. The van der Waals surface area contributed by atoms with Crippen molar-refractivity contribution in [3.05, 3.63) is 35.9 Å². The molecule has 1 aromatic carbocycles. The largest absolute Gasteiger partial charge is 0.348 e. The monoisotopic (exact) mass is 351 g/mol. The van der Waals surface area contributed by atoms with Crippen LogP contribution in [-0.2, 0) is 4.79 Å². The van der Waals surface area contributed by atoms with Crippen LogP contribution in [0.1, 0.15) is 44.2 Å². The van der Waals surface area contributed by atoms with Crippen LogP contribution >= 0.6 is 12.4 Å². The molecule has 0 bridgehead atoms. The fourth-order valence-corrected chi connectivity index (χ4v) is 3.95. The third kappa shape index (κ3) is 4.95. The van der Waals surface area contributed by atoms with Crippen LogP contribution in [0, 0.1) is 5.92 Å². The molecule has 5 heteroatoms. The van der Waals surface area contributed by atoms with E-state index in [0.717, 1.165) is 19.6 Å². The maximum absolute atomic E-state index is 12.6. The second-order valence-corrected chi connectivity index (χ2v) is 7.02. The van der Waals surface area contributed by atoms with E-state index in [1.54, 1.807) is 0 Å². The maximum atomic E-state index is 12.6. The van der Waals surface area contributed by atoms with Crippen LogP contribution in [0.15, 0.2) is 30.3 Å². The van der Waals surface area contributed by atoms with Gasteiger partial charge in [-0.25, -0.2) is 0 Å². The molecule has 1 amide bonds. The van der Waals surface area contributed by atoms with E-state index in [-0.39, 0.29) is 24.4 Å². The number of benzene rings is 1. The van der Waals surface area contributed by atoms with Crippen molar-refractivity contribution in [2.24, 2.45) is 5.92 Å². The molecule has 1 heterocycles. The van der Waals surface area contributed by atoms with Gasteiger partial charge in [0.1, 0.15) is 0 Å². The van der Waals surface area contributed by atoms with E-state index in [2.05, 4.69) is 46.7 Å². The van der Waals surface area contributed by atoms with Gasteiger partial charge in [-0.3, -0.25) is 9.69 Å². The summed E-state index contributed by atoms with van der Waals surface area (Å²) in [4.78, 5) is 14.9. The van der Waals surface area contributed by atoms with Crippen molar-refractivity contribution >= 4 is 18.3 Å². The standard InChI is InChI=1S/C19H29N3O.ClH/c1-15-13-20-11-12-22(15)14-18(23)21-19(17-9-5-6-10-17)16-7-3-2-4-8-16;/h2-4,7-8,15,17,19-20H,5-6,9-14H2,1H3,(H,21,23);1H/t15-,19?;/m1./s1. The predicted octanol–water partition coefficient (Wildman–Crippen LogP) is 2.75. The number of amides is 1. The van der Waals surface area contributed by atoms with Crippen LogP contribution in [0.5, 0.6) is 0 Å². The third-order valence-corrected chi connectivity index (χ3v) is 5.33. The summed E-state index contributed by atoms with van der Waals surface area (Å²) in [5.74, 6) is 0.751. The molecule has 2 atom stereocenters. The van der Waals surface area contributed by atoms with Crippen molar-refractivity contribution in [2.75, 3.05) is 26.2 Å². The zero-order valence-electron chi connectivity index (χ0n) is 14.5. The number of carbonyl (C=O) groups excluding carboxylic acids is 1. The van der Waals surface area contributed by atoms with Gasteiger partial charge in [-0.1, -0.05) is 43.2 Å². The van der Waals surface area contributed by atoms with Crippen molar-refractivity contribution in [2.45, 2.75) is 44.7 Å². The van der Waals surface area contributed by atoms with Gasteiger partial charge in [0.05, 0.1) is 12.6 Å². The quantitative estimate of drug-likeness (QED) is 0.857. The van der Waals surface area contributed by atoms with Crippen LogP contribution in [0.2, 0.25) is 0 Å². The molecule has 1 aliphatic carbocycles. The van der Waals surface area contributed by atoms with Crippen LogP contribution < -0.4 is 10.6 Å². The van der Waals surface area contributed by atoms with Crippen LogP contribution in [0.3, 0.4) is 0 Å². The molecule has 1 saturated heterocycles. The molecular formula is C19H30ClN3O. The Morgan fingerprint density at radius 3 is 2.67 bits per heavy atom. The SMILES string of the molecule is C[C@@H]1CNCCN1CC(=O)NC(c1ccccc1)C1CCCC1.Cl. The van der Waals surface area contributed by atoms with Crippen LogP contribution in [0.25, 0.3) is 0 Å². The Morgan fingerprint density at radius 2 is 2.00 bits per heavy atom. The van der Waals surface area contributed by atoms with Gasteiger partial charge in [-0.2, -0.15) is 0 Å². The van der Waals surface area contributed by atoms with E-state index >= 15 is 0 Å². The minimum atomic E-state index is 0. The normalized spacial score (nSPS) is 23.5. The maximum Gasteiger partial charge on any atom is 0.234 e. The fraction of sp³-hybridized carbons (Fsp3) is 0.632. The van der Waals surface area contributed by atoms with Gasteiger partial charge >= 0.3 is 0 Å². The Kier molecular flexibility index (Phi) is 7.53. The van der Waals surface area contributed by atoms with E-state index in [1.807, 2.05) is 6.07 Å². The van der Waals surface area contributed by atoms with Gasteiger partial charge in [0.25, 0.3) is 0 Å². The molecule has 4 nitrogen and oxygen atoms in total. The van der Waals surface area contributed by atoms with Crippen molar-refractivity contribution in [1.82, 2.24) is 15.5 Å². The number of piperazine rings is 1. The average Bonchev–Trinajstić information content (AvgIpc) is 3.10. The highest BCUT2D eigenvalue weighted by Crippen LogP contribution is 2.35. The number of hydrogen-bond acceptors (Lipinski definition) is 3. The molecule has 1 aliphatic heterocycles. The van der Waals surface area contributed by atoms with E-state index in [9.17, 15) is 4.79 Å². The van der Waals surface area contributed by atoms with Crippen molar-refractivity contribution in [3.63, 3.8) is 0 Å². The summed E-state index contributed by atoms with van der Waals surface area (Å²) in [6.45, 7) is 5.60. The van der Waals surface area contributed by atoms with E-state index in [4.69, 9.17) is 0 Å².